The number of thiophene rings is 2. The molecule has 0 saturated carbocycles. The van der Waals surface area contributed by atoms with Gasteiger partial charge in [-0.2, -0.15) is 0 Å². The van der Waals surface area contributed by atoms with Crippen molar-refractivity contribution >= 4 is 83.7 Å². The molecule has 1 aromatic carbocycles. The van der Waals surface area contributed by atoms with E-state index in [9.17, 15) is 0 Å². The second kappa shape index (κ2) is 14.1. The molecule has 6 aromatic heterocycles. The van der Waals surface area contributed by atoms with E-state index in [0.717, 1.165) is 55.8 Å². The van der Waals surface area contributed by atoms with Gasteiger partial charge in [-0.1, -0.05) is 54.7 Å². The van der Waals surface area contributed by atoms with Gasteiger partial charge in [0.05, 0.1) is 15.4 Å². The first kappa shape index (κ1) is 31.3. The van der Waals surface area contributed by atoms with Gasteiger partial charge in [-0.05, 0) is 66.9 Å². The number of hydrogen-bond donors (Lipinski definition) is 1. The monoisotopic (exact) mass is 689 g/mol. The summed E-state index contributed by atoms with van der Waals surface area (Å²) in [6.45, 7) is 4.85. The lowest BCUT2D eigenvalue weighted by Gasteiger charge is -2.10. The summed E-state index contributed by atoms with van der Waals surface area (Å²) < 4.78 is 0. The van der Waals surface area contributed by atoms with Gasteiger partial charge in [0.1, 0.15) is 20.6 Å². The number of aryl methyl sites for hydroxylation is 2. The van der Waals surface area contributed by atoms with Gasteiger partial charge < -0.3 is 5.32 Å². The van der Waals surface area contributed by atoms with Crippen LogP contribution >= 0.6 is 57.5 Å². The zero-order valence-electron chi connectivity index (χ0n) is 24.3. The maximum atomic E-state index is 6.22. The van der Waals surface area contributed by atoms with Crippen molar-refractivity contribution < 1.29 is 0 Å². The van der Waals surface area contributed by atoms with E-state index in [2.05, 4.69) is 51.2 Å². The van der Waals surface area contributed by atoms with Crippen LogP contribution in [0, 0.1) is 0 Å². The topological polar surface area (TPSA) is 89.4 Å². The van der Waals surface area contributed by atoms with Gasteiger partial charge in [-0.3, -0.25) is 9.97 Å². The average molecular weight is 691 g/mol. The van der Waals surface area contributed by atoms with Crippen LogP contribution in [0.2, 0.25) is 15.2 Å². The van der Waals surface area contributed by atoms with Crippen molar-refractivity contribution in [2.75, 3.05) is 5.32 Å². The molecule has 0 aliphatic carbocycles. The summed E-state index contributed by atoms with van der Waals surface area (Å²) in [7, 11) is 0. The summed E-state index contributed by atoms with van der Waals surface area (Å²) >= 11 is 21.7. The lowest BCUT2D eigenvalue weighted by atomic mass is 10.2. The fraction of sp³-hybridized carbons (Fsp3) is 0.152. The quantitative estimate of drug-likeness (QED) is 0.167. The molecule has 0 radical (unpaired) electrons. The molecule has 0 unspecified atom stereocenters. The normalized spacial score (nSPS) is 11.0. The van der Waals surface area contributed by atoms with Gasteiger partial charge in [-0.15, -0.1) is 22.7 Å². The predicted molar refractivity (Wildman–Crippen MR) is 189 cm³/mol. The molecule has 45 heavy (non-hydrogen) atoms. The summed E-state index contributed by atoms with van der Waals surface area (Å²) in [4.78, 5) is 31.1. The Labute approximate surface area is 283 Å². The summed E-state index contributed by atoms with van der Waals surface area (Å²) in [5.41, 5.74) is 2.81. The zero-order chi connectivity index (χ0) is 31.3. The van der Waals surface area contributed by atoms with E-state index in [1.807, 2.05) is 36.4 Å². The van der Waals surface area contributed by atoms with Gasteiger partial charge in [0.25, 0.3) is 0 Å². The van der Waals surface area contributed by atoms with E-state index in [-0.39, 0.29) is 0 Å². The second-order valence-electron chi connectivity index (χ2n) is 9.89. The fourth-order valence-corrected chi connectivity index (χ4v) is 7.01. The molecule has 0 spiro atoms. The first-order chi connectivity index (χ1) is 21.9. The minimum absolute atomic E-state index is 0.509. The first-order valence-corrected chi connectivity index (χ1v) is 16.9. The van der Waals surface area contributed by atoms with Crippen molar-refractivity contribution in [2.24, 2.45) is 0 Å². The van der Waals surface area contributed by atoms with Crippen LogP contribution in [0.1, 0.15) is 29.2 Å². The van der Waals surface area contributed by atoms with Gasteiger partial charge in [-0.25, -0.2) is 19.9 Å². The molecule has 0 aliphatic heterocycles. The molecule has 6 heterocycles. The fourth-order valence-electron chi connectivity index (χ4n) is 4.47. The van der Waals surface area contributed by atoms with E-state index in [1.165, 1.54) is 9.75 Å². The number of benzene rings is 1. The van der Waals surface area contributed by atoms with Crippen LogP contribution in [0.3, 0.4) is 0 Å². The third-order valence-corrected chi connectivity index (χ3v) is 10.2. The Bertz CT molecular complexity index is 2080. The highest BCUT2D eigenvalue weighted by Gasteiger charge is 2.14. The summed E-state index contributed by atoms with van der Waals surface area (Å²) in [6, 6.07) is 17.5. The average Bonchev–Trinajstić information content (AvgIpc) is 3.71. The van der Waals surface area contributed by atoms with Crippen molar-refractivity contribution in [3.05, 3.63) is 110 Å². The molecule has 0 atom stereocenters. The number of hydrogen-bond acceptors (Lipinski definition) is 9. The minimum atomic E-state index is 0.509. The highest BCUT2D eigenvalue weighted by Crippen LogP contribution is 2.33. The highest BCUT2D eigenvalue weighted by molar-refractivity contribution is 7.19. The van der Waals surface area contributed by atoms with Crippen molar-refractivity contribution in [3.63, 3.8) is 0 Å². The molecule has 12 heteroatoms. The van der Waals surface area contributed by atoms with Crippen molar-refractivity contribution in [2.45, 2.75) is 33.2 Å². The number of pyridine rings is 2. The lowest BCUT2D eigenvalue weighted by molar-refractivity contribution is 1.11. The van der Waals surface area contributed by atoms with Gasteiger partial charge in [0.15, 0.2) is 11.6 Å². The maximum absolute atomic E-state index is 6.22. The Hall–Kier alpha value is -3.73. The molecule has 0 amide bonds. The molecule has 0 aliphatic rings. The number of nitrogens with zero attached hydrogens (tertiary/aromatic N) is 6. The number of aromatic nitrogens is 6. The minimum Gasteiger partial charge on any atom is -0.365 e. The summed E-state index contributed by atoms with van der Waals surface area (Å²) in [5, 5.41) is 7.00. The maximum Gasteiger partial charge on any atom is 0.164 e. The van der Waals surface area contributed by atoms with Gasteiger partial charge in [0, 0.05) is 57.6 Å². The van der Waals surface area contributed by atoms with Crippen LogP contribution in [-0.4, -0.2) is 29.9 Å². The standard InChI is InChI=1S/C20H16Cl2N4S.C13H10ClN3S/c1-2-14-9-15-19(24-10-12-5-6-16(21)17(22)8-12)25-18(26-20(15)27-14)13-4-3-7-23-11-13;1-2-9-6-10-11(14)16-12(17-13(10)18-9)8-4-3-5-15-7-8/h3-9,11H,2,10H2,1H3,(H,24,25,26);3-7H,2H2,1H3. The van der Waals surface area contributed by atoms with Gasteiger partial charge in [0.2, 0.25) is 0 Å². The van der Waals surface area contributed by atoms with Crippen LogP contribution in [0.4, 0.5) is 5.82 Å². The van der Waals surface area contributed by atoms with Crippen molar-refractivity contribution in [1.29, 1.82) is 0 Å². The van der Waals surface area contributed by atoms with E-state index in [4.69, 9.17) is 44.8 Å². The molecular formula is C33H26Cl3N7S2. The molecule has 1 N–H and O–H groups in total. The van der Waals surface area contributed by atoms with E-state index < -0.39 is 0 Å². The lowest BCUT2D eigenvalue weighted by Crippen LogP contribution is -2.03. The van der Waals surface area contributed by atoms with Crippen LogP contribution < -0.4 is 5.32 Å². The zero-order valence-corrected chi connectivity index (χ0v) is 28.2. The van der Waals surface area contributed by atoms with E-state index in [1.54, 1.807) is 53.5 Å². The Morgan fingerprint density at radius 3 is 1.84 bits per heavy atom. The van der Waals surface area contributed by atoms with Crippen LogP contribution in [0.15, 0.2) is 79.4 Å². The molecule has 7 aromatic rings. The first-order valence-electron chi connectivity index (χ1n) is 14.2. The van der Waals surface area contributed by atoms with E-state index >= 15 is 0 Å². The number of rotatable bonds is 7. The molecule has 0 saturated heterocycles. The molecule has 0 bridgehead atoms. The predicted octanol–water partition coefficient (Wildman–Crippen LogP) is 10.2. The molecule has 0 fully saturated rings. The van der Waals surface area contributed by atoms with Crippen molar-refractivity contribution in [3.8, 4) is 22.8 Å². The van der Waals surface area contributed by atoms with Crippen molar-refractivity contribution in [1.82, 2.24) is 29.9 Å². The second-order valence-corrected chi connectivity index (χ2v) is 13.3. The van der Waals surface area contributed by atoms with Crippen LogP contribution in [0.25, 0.3) is 43.2 Å². The summed E-state index contributed by atoms with van der Waals surface area (Å²) in [6.07, 6.45) is 8.94. The number of fused-ring (bicyclic) bond motifs is 2. The van der Waals surface area contributed by atoms with Crippen LogP contribution in [-0.2, 0) is 19.4 Å². The third kappa shape index (κ3) is 7.24. The van der Waals surface area contributed by atoms with E-state index in [0.29, 0.717) is 33.4 Å². The third-order valence-electron chi connectivity index (χ3n) is 6.82. The SMILES string of the molecule is CCc1cc2c(Cl)nc(-c3cccnc3)nc2s1.CCc1cc2c(NCc3ccc(Cl)c(Cl)c3)nc(-c3cccnc3)nc2s1. The number of nitrogens with one attached hydrogen (secondary N) is 1. The van der Waals surface area contributed by atoms with Crippen LogP contribution in [0.5, 0.6) is 0 Å². The Kier molecular flexibility index (Phi) is 9.82. The largest absolute Gasteiger partial charge is 0.365 e. The highest BCUT2D eigenvalue weighted by atomic mass is 35.5. The Morgan fingerprint density at radius 1 is 0.667 bits per heavy atom. The molecule has 226 valence electrons. The molecule has 7 nitrogen and oxygen atoms in total. The smallest absolute Gasteiger partial charge is 0.164 e. The number of anilines is 1. The molecular weight excluding hydrogens is 665 g/mol. The summed E-state index contributed by atoms with van der Waals surface area (Å²) in [5.74, 6) is 2.10. The molecule has 7 rings (SSSR count). The Balaban J connectivity index is 0.000000172. The van der Waals surface area contributed by atoms with Gasteiger partial charge >= 0.3 is 0 Å². The number of halogens is 3. The Morgan fingerprint density at radius 2 is 1.27 bits per heavy atom.